The van der Waals surface area contributed by atoms with Gasteiger partial charge in [-0.15, -0.1) is 0 Å². The summed E-state index contributed by atoms with van der Waals surface area (Å²) in [5, 5.41) is 3.39. The van der Waals surface area contributed by atoms with E-state index >= 15 is 0 Å². The molecule has 1 aliphatic heterocycles. The van der Waals surface area contributed by atoms with Gasteiger partial charge in [-0.1, -0.05) is 19.9 Å². The molecule has 0 atom stereocenters. The molecule has 0 radical (unpaired) electrons. The van der Waals surface area contributed by atoms with Crippen LogP contribution in [-0.2, 0) is 0 Å². The molecule has 24 heavy (non-hydrogen) atoms. The summed E-state index contributed by atoms with van der Waals surface area (Å²) in [7, 11) is 0. The number of rotatable bonds is 6. The van der Waals surface area contributed by atoms with Crippen LogP contribution in [0.4, 0.5) is 17.5 Å². The topological polar surface area (TPSA) is 57.2 Å². The number of aromatic nitrogens is 3. The van der Waals surface area contributed by atoms with Crippen LogP contribution in [0.25, 0.3) is 0 Å². The van der Waals surface area contributed by atoms with E-state index in [0.717, 1.165) is 56.6 Å². The molecule has 128 valence electrons. The summed E-state index contributed by atoms with van der Waals surface area (Å²) in [6.45, 7) is 9.20. The van der Waals surface area contributed by atoms with Crippen molar-refractivity contribution >= 4 is 17.5 Å². The Morgan fingerprint density at radius 2 is 1.75 bits per heavy atom. The number of nitrogens with zero attached hydrogens (tertiary/aromatic N) is 5. The van der Waals surface area contributed by atoms with Crippen LogP contribution in [0.2, 0.25) is 0 Å². The maximum atomic E-state index is 4.44. The second-order valence-corrected chi connectivity index (χ2v) is 6.53. The van der Waals surface area contributed by atoms with Gasteiger partial charge in [0.1, 0.15) is 23.8 Å². The highest BCUT2D eigenvalue weighted by Gasteiger charge is 2.19. The van der Waals surface area contributed by atoms with Gasteiger partial charge in [-0.2, -0.15) is 0 Å². The zero-order valence-electron chi connectivity index (χ0n) is 14.5. The molecule has 1 N–H and O–H groups in total. The molecule has 0 aromatic carbocycles. The summed E-state index contributed by atoms with van der Waals surface area (Å²) in [5.74, 6) is 3.65. The smallest absolute Gasteiger partial charge is 0.134 e. The number of hydrogen-bond donors (Lipinski definition) is 1. The molecule has 0 bridgehead atoms. The lowest BCUT2D eigenvalue weighted by atomic mass is 10.1. The summed E-state index contributed by atoms with van der Waals surface area (Å²) in [4.78, 5) is 17.8. The van der Waals surface area contributed by atoms with E-state index in [1.165, 1.54) is 0 Å². The van der Waals surface area contributed by atoms with E-state index in [2.05, 4.69) is 56.0 Å². The Hall–Kier alpha value is -2.37. The third-order valence-corrected chi connectivity index (χ3v) is 4.26. The van der Waals surface area contributed by atoms with Gasteiger partial charge in [0.05, 0.1) is 0 Å². The van der Waals surface area contributed by atoms with E-state index in [1.54, 1.807) is 6.33 Å². The number of piperazine rings is 1. The Morgan fingerprint density at radius 3 is 2.42 bits per heavy atom. The molecule has 0 saturated carbocycles. The second kappa shape index (κ2) is 7.95. The van der Waals surface area contributed by atoms with Crippen molar-refractivity contribution in [3.05, 3.63) is 36.8 Å². The van der Waals surface area contributed by atoms with Crippen LogP contribution >= 0.6 is 0 Å². The summed E-state index contributed by atoms with van der Waals surface area (Å²) in [5.41, 5.74) is 0. The summed E-state index contributed by atoms with van der Waals surface area (Å²) in [6, 6.07) is 8.11. The Morgan fingerprint density at radius 1 is 1.00 bits per heavy atom. The Labute approximate surface area is 143 Å². The molecule has 0 aliphatic carbocycles. The largest absolute Gasteiger partial charge is 0.370 e. The third-order valence-electron chi connectivity index (χ3n) is 4.26. The zero-order valence-corrected chi connectivity index (χ0v) is 14.5. The van der Waals surface area contributed by atoms with Crippen LogP contribution in [0.3, 0.4) is 0 Å². The van der Waals surface area contributed by atoms with Gasteiger partial charge in [0.25, 0.3) is 0 Å². The van der Waals surface area contributed by atoms with Crippen LogP contribution in [0.5, 0.6) is 0 Å². The molecule has 0 unspecified atom stereocenters. The van der Waals surface area contributed by atoms with E-state index in [0.29, 0.717) is 5.92 Å². The highest BCUT2D eigenvalue weighted by Crippen LogP contribution is 2.19. The molecule has 0 spiro atoms. The number of anilines is 3. The molecule has 6 heteroatoms. The number of hydrogen-bond acceptors (Lipinski definition) is 6. The summed E-state index contributed by atoms with van der Waals surface area (Å²) < 4.78 is 0. The lowest BCUT2D eigenvalue weighted by Crippen LogP contribution is -2.47. The average Bonchev–Trinajstić information content (AvgIpc) is 2.63. The molecule has 3 rings (SSSR count). The van der Waals surface area contributed by atoms with E-state index in [9.17, 15) is 0 Å². The minimum atomic E-state index is 0.693. The van der Waals surface area contributed by atoms with Gasteiger partial charge in [-0.25, -0.2) is 15.0 Å². The predicted octanol–water partition coefficient (Wildman–Crippen LogP) is 2.66. The van der Waals surface area contributed by atoms with Crippen molar-refractivity contribution in [2.45, 2.75) is 20.3 Å². The molecule has 1 aliphatic rings. The van der Waals surface area contributed by atoms with E-state index in [-0.39, 0.29) is 0 Å². The molecule has 2 aromatic rings. The lowest BCUT2D eigenvalue weighted by molar-refractivity contribution is 0.606. The summed E-state index contributed by atoms with van der Waals surface area (Å²) in [6.07, 6.45) is 4.64. The monoisotopic (exact) mass is 326 g/mol. The van der Waals surface area contributed by atoms with Gasteiger partial charge in [0.15, 0.2) is 0 Å². The first-order valence-corrected chi connectivity index (χ1v) is 8.69. The quantitative estimate of drug-likeness (QED) is 0.881. The molecule has 6 nitrogen and oxygen atoms in total. The van der Waals surface area contributed by atoms with Gasteiger partial charge >= 0.3 is 0 Å². The van der Waals surface area contributed by atoms with Gasteiger partial charge in [0.2, 0.25) is 0 Å². The van der Waals surface area contributed by atoms with Crippen molar-refractivity contribution < 1.29 is 0 Å². The highest BCUT2D eigenvalue weighted by molar-refractivity contribution is 5.50. The first-order valence-electron chi connectivity index (χ1n) is 8.69. The first kappa shape index (κ1) is 16.5. The maximum absolute atomic E-state index is 4.44. The molecule has 1 saturated heterocycles. The van der Waals surface area contributed by atoms with Crippen molar-refractivity contribution in [3.8, 4) is 0 Å². The average molecular weight is 326 g/mol. The fraction of sp³-hybridized carbons (Fsp3) is 0.500. The van der Waals surface area contributed by atoms with Crippen molar-refractivity contribution in [1.82, 2.24) is 15.0 Å². The molecule has 3 heterocycles. The van der Waals surface area contributed by atoms with Crippen LogP contribution in [0, 0.1) is 5.92 Å². The number of pyridine rings is 1. The molecule has 0 amide bonds. The minimum Gasteiger partial charge on any atom is -0.370 e. The van der Waals surface area contributed by atoms with Crippen LogP contribution in [0.15, 0.2) is 36.8 Å². The van der Waals surface area contributed by atoms with E-state index in [1.807, 2.05) is 18.3 Å². The first-order chi connectivity index (χ1) is 11.7. The Balaban J connectivity index is 1.56. The molecular formula is C18H26N6. The predicted molar refractivity (Wildman–Crippen MR) is 98.6 cm³/mol. The van der Waals surface area contributed by atoms with E-state index in [4.69, 9.17) is 0 Å². The third kappa shape index (κ3) is 4.34. The van der Waals surface area contributed by atoms with E-state index < -0.39 is 0 Å². The molecule has 1 fully saturated rings. The van der Waals surface area contributed by atoms with Gasteiger partial charge in [-0.05, 0) is 24.5 Å². The van der Waals surface area contributed by atoms with Crippen molar-refractivity contribution in [2.75, 3.05) is 47.8 Å². The molecule has 2 aromatic heterocycles. The number of nitrogens with one attached hydrogen (secondary N) is 1. The standard InChI is InChI=1S/C18H26N6/c1-15(2)6-8-19-16-13-18(22-14-21-16)24-11-9-23(10-12-24)17-5-3-4-7-20-17/h3-5,7,13-15H,6,8-12H2,1-2H3,(H,19,21,22). The van der Waals surface area contributed by atoms with Crippen molar-refractivity contribution in [3.63, 3.8) is 0 Å². The SMILES string of the molecule is CC(C)CCNc1cc(N2CCN(c3ccccn3)CC2)ncn1. The fourth-order valence-corrected chi connectivity index (χ4v) is 2.81. The van der Waals surface area contributed by atoms with Crippen molar-refractivity contribution in [1.29, 1.82) is 0 Å². The minimum absolute atomic E-state index is 0.693. The molecular weight excluding hydrogens is 300 g/mol. The zero-order chi connectivity index (χ0) is 16.8. The second-order valence-electron chi connectivity index (χ2n) is 6.53. The van der Waals surface area contributed by atoms with Crippen LogP contribution < -0.4 is 15.1 Å². The van der Waals surface area contributed by atoms with Gasteiger partial charge < -0.3 is 15.1 Å². The normalized spacial score (nSPS) is 15.0. The maximum Gasteiger partial charge on any atom is 0.134 e. The highest BCUT2D eigenvalue weighted by atomic mass is 15.3. The Kier molecular flexibility index (Phi) is 5.46. The van der Waals surface area contributed by atoms with Gasteiger partial charge in [0, 0.05) is 45.0 Å². The van der Waals surface area contributed by atoms with Crippen LogP contribution in [-0.4, -0.2) is 47.7 Å². The summed E-state index contributed by atoms with van der Waals surface area (Å²) >= 11 is 0. The fourth-order valence-electron chi connectivity index (χ4n) is 2.81. The van der Waals surface area contributed by atoms with Gasteiger partial charge in [-0.3, -0.25) is 0 Å². The Bertz CT molecular complexity index is 622. The van der Waals surface area contributed by atoms with Crippen molar-refractivity contribution in [2.24, 2.45) is 5.92 Å². The van der Waals surface area contributed by atoms with Crippen LogP contribution in [0.1, 0.15) is 20.3 Å². The lowest BCUT2D eigenvalue weighted by Gasteiger charge is -2.36.